The number of aromatic nitrogens is 1. The van der Waals surface area contributed by atoms with Gasteiger partial charge in [0.2, 0.25) is 5.78 Å². The van der Waals surface area contributed by atoms with E-state index in [0.717, 1.165) is 11.4 Å². The number of nitrogens with zero attached hydrogens (tertiary/aromatic N) is 2. The molecule has 2 rings (SSSR count). The molecule has 0 fully saturated rings. The summed E-state index contributed by atoms with van der Waals surface area (Å²) < 4.78 is 12.3. The number of hydrogen-bond acceptors (Lipinski definition) is 5. The molecule has 2 aromatic rings. The molecule has 0 atom stereocenters. The van der Waals surface area contributed by atoms with Crippen LogP contribution >= 0.6 is 0 Å². The molecule has 1 heterocycles. The fourth-order valence-corrected chi connectivity index (χ4v) is 2.60. The van der Waals surface area contributed by atoms with E-state index in [-0.39, 0.29) is 23.8 Å². The molecule has 0 aliphatic rings. The molecule has 0 amide bonds. The fourth-order valence-electron chi connectivity index (χ4n) is 2.60. The third kappa shape index (κ3) is 3.88. The summed E-state index contributed by atoms with van der Waals surface area (Å²) in [4.78, 5) is 23.0. The van der Waals surface area contributed by atoms with Gasteiger partial charge in [-0.05, 0) is 32.0 Å². The van der Waals surface area contributed by atoms with Gasteiger partial charge in [-0.1, -0.05) is 6.08 Å². The smallest absolute Gasteiger partial charge is 0.314 e. The van der Waals surface area contributed by atoms with Crippen LogP contribution in [0.5, 0.6) is 11.5 Å². The van der Waals surface area contributed by atoms with E-state index in [0.29, 0.717) is 17.9 Å². The lowest BCUT2D eigenvalue weighted by Crippen LogP contribution is -2.13. The van der Waals surface area contributed by atoms with Crippen LogP contribution in [0.2, 0.25) is 0 Å². The van der Waals surface area contributed by atoms with Crippen LogP contribution in [-0.2, 0) is 6.54 Å². The van der Waals surface area contributed by atoms with Gasteiger partial charge in [0.1, 0.15) is 5.75 Å². The van der Waals surface area contributed by atoms with Crippen molar-refractivity contribution in [3.63, 3.8) is 0 Å². The third-order valence-corrected chi connectivity index (χ3v) is 3.91. The van der Waals surface area contributed by atoms with Gasteiger partial charge in [-0.3, -0.25) is 14.9 Å². The summed E-state index contributed by atoms with van der Waals surface area (Å²) >= 11 is 0. The minimum atomic E-state index is -0.571. The molecule has 0 aliphatic carbocycles. The monoisotopic (exact) mass is 344 g/mol. The van der Waals surface area contributed by atoms with E-state index < -0.39 is 4.92 Å². The van der Waals surface area contributed by atoms with E-state index in [2.05, 4.69) is 6.58 Å². The quantitative estimate of drug-likeness (QED) is 0.317. The standard InChI is InChI=1S/C18H20N2O5/c1-5-8-19-12(2)9-15(13(19)3)17(21)11-25-18-7-6-14(24-4)10-16(18)20(22)23/h5-7,9-10H,1,8,11H2,2-4H3. The number of ether oxygens (including phenoxy) is 2. The highest BCUT2D eigenvalue weighted by Gasteiger charge is 2.20. The number of carbonyl (C=O) groups is 1. The average molecular weight is 344 g/mol. The van der Waals surface area contributed by atoms with Crippen LogP contribution in [0.3, 0.4) is 0 Å². The lowest BCUT2D eigenvalue weighted by molar-refractivity contribution is -0.385. The molecule has 132 valence electrons. The Labute approximate surface area is 145 Å². The van der Waals surface area contributed by atoms with Crippen LogP contribution in [0.25, 0.3) is 0 Å². The van der Waals surface area contributed by atoms with Gasteiger partial charge in [-0.25, -0.2) is 0 Å². The first kappa shape index (κ1) is 18.3. The molecule has 0 saturated carbocycles. The van der Waals surface area contributed by atoms with Gasteiger partial charge in [-0.15, -0.1) is 6.58 Å². The maximum Gasteiger partial charge on any atom is 0.314 e. The Bertz CT molecular complexity index is 823. The van der Waals surface area contributed by atoms with Crippen molar-refractivity contribution in [2.75, 3.05) is 13.7 Å². The van der Waals surface area contributed by atoms with E-state index in [4.69, 9.17) is 9.47 Å². The molecule has 0 bridgehead atoms. The van der Waals surface area contributed by atoms with Crippen LogP contribution in [0.4, 0.5) is 5.69 Å². The summed E-state index contributed by atoms with van der Waals surface area (Å²) in [5.74, 6) is 0.130. The average Bonchev–Trinajstić information content (AvgIpc) is 2.88. The molecule has 7 heteroatoms. The van der Waals surface area contributed by atoms with Crippen molar-refractivity contribution in [2.24, 2.45) is 0 Å². The summed E-state index contributed by atoms with van der Waals surface area (Å²) in [6.07, 6.45) is 1.76. The number of ketones is 1. The highest BCUT2D eigenvalue weighted by molar-refractivity contribution is 5.98. The second-order valence-corrected chi connectivity index (χ2v) is 5.49. The molecular weight excluding hydrogens is 324 g/mol. The van der Waals surface area contributed by atoms with E-state index in [9.17, 15) is 14.9 Å². The summed E-state index contributed by atoms with van der Waals surface area (Å²) in [5, 5.41) is 11.2. The van der Waals surface area contributed by atoms with E-state index in [1.54, 1.807) is 18.2 Å². The molecular formula is C18H20N2O5. The molecule has 0 spiro atoms. The van der Waals surface area contributed by atoms with Crippen LogP contribution in [-0.4, -0.2) is 29.0 Å². The predicted octanol–water partition coefficient (Wildman–Crippen LogP) is 3.47. The summed E-state index contributed by atoms with van der Waals surface area (Å²) in [6.45, 7) is 7.78. The Kier molecular flexibility index (Phi) is 5.59. The maximum absolute atomic E-state index is 12.5. The minimum absolute atomic E-state index is 0.0269. The normalized spacial score (nSPS) is 10.4. The predicted molar refractivity (Wildman–Crippen MR) is 93.6 cm³/mol. The molecule has 0 unspecified atom stereocenters. The first-order valence-corrected chi connectivity index (χ1v) is 7.65. The molecule has 1 aromatic heterocycles. The molecule has 0 aliphatic heterocycles. The van der Waals surface area contributed by atoms with E-state index in [1.165, 1.54) is 19.2 Å². The Morgan fingerprint density at radius 1 is 1.36 bits per heavy atom. The number of methoxy groups -OCH3 is 1. The Morgan fingerprint density at radius 2 is 2.08 bits per heavy atom. The minimum Gasteiger partial charge on any atom is -0.496 e. The number of aryl methyl sites for hydroxylation is 1. The van der Waals surface area contributed by atoms with Crippen LogP contribution in [0.1, 0.15) is 21.7 Å². The van der Waals surface area contributed by atoms with Crippen molar-refractivity contribution in [3.8, 4) is 11.5 Å². The highest BCUT2D eigenvalue weighted by atomic mass is 16.6. The maximum atomic E-state index is 12.5. The first-order valence-electron chi connectivity index (χ1n) is 7.65. The molecule has 25 heavy (non-hydrogen) atoms. The van der Waals surface area contributed by atoms with Crippen molar-refractivity contribution in [3.05, 3.63) is 64.0 Å². The van der Waals surface area contributed by atoms with Gasteiger partial charge in [0, 0.05) is 23.5 Å². The number of hydrogen-bond donors (Lipinski definition) is 0. The van der Waals surface area contributed by atoms with E-state index in [1.807, 2.05) is 18.4 Å². The van der Waals surface area contributed by atoms with Crippen molar-refractivity contribution in [1.82, 2.24) is 4.57 Å². The first-order chi connectivity index (χ1) is 11.9. The SMILES string of the molecule is C=CCn1c(C)cc(C(=O)COc2ccc(OC)cc2[N+](=O)[O-])c1C. The highest BCUT2D eigenvalue weighted by Crippen LogP contribution is 2.31. The third-order valence-electron chi connectivity index (χ3n) is 3.91. The summed E-state index contributed by atoms with van der Waals surface area (Å²) in [5.41, 5.74) is 2.05. The number of Topliss-reactive ketones (excluding diaryl/α,β-unsaturated/α-hetero) is 1. The number of allylic oxidation sites excluding steroid dienone is 1. The zero-order valence-corrected chi connectivity index (χ0v) is 14.4. The number of nitro benzene ring substituents is 1. The summed E-state index contributed by atoms with van der Waals surface area (Å²) in [6, 6.07) is 6.01. The Balaban J connectivity index is 2.19. The zero-order chi connectivity index (χ0) is 18.6. The van der Waals surface area contributed by atoms with Crippen molar-refractivity contribution in [1.29, 1.82) is 0 Å². The van der Waals surface area contributed by atoms with Gasteiger partial charge in [0.25, 0.3) is 0 Å². The topological polar surface area (TPSA) is 83.6 Å². The van der Waals surface area contributed by atoms with Crippen LogP contribution in [0, 0.1) is 24.0 Å². The number of rotatable bonds is 8. The Hall–Kier alpha value is -3.09. The van der Waals surface area contributed by atoms with Crippen LogP contribution < -0.4 is 9.47 Å². The van der Waals surface area contributed by atoms with Gasteiger partial charge in [0.15, 0.2) is 12.4 Å². The van der Waals surface area contributed by atoms with Crippen molar-refractivity contribution in [2.45, 2.75) is 20.4 Å². The number of nitro groups is 1. The lowest BCUT2D eigenvalue weighted by atomic mass is 10.1. The van der Waals surface area contributed by atoms with Crippen LogP contribution in [0.15, 0.2) is 36.9 Å². The second kappa shape index (κ2) is 7.65. The van der Waals surface area contributed by atoms with Crippen molar-refractivity contribution >= 4 is 11.5 Å². The van der Waals surface area contributed by atoms with Gasteiger partial charge >= 0.3 is 5.69 Å². The molecule has 1 aromatic carbocycles. The van der Waals surface area contributed by atoms with E-state index >= 15 is 0 Å². The molecule has 0 N–H and O–H groups in total. The lowest BCUT2D eigenvalue weighted by Gasteiger charge is -2.08. The number of carbonyl (C=O) groups excluding carboxylic acids is 1. The molecule has 7 nitrogen and oxygen atoms in total. The van der Waals surface area contributed by atoms with Gasteiger partial charge < -0.3 is 14.0 Å². The van der Waals surface area contributed by atoms with Crippen molar-refractivity contribution < 1.29 is 19.2 Å². The largest absolute Gasteiger partial charge is 0.496 e. The van der Waals surface area contributed by atoms with Gasteiger partial charge in [0.05, 0.1) is 18.1 Å². The fraction of sp³-hybridized carbons (Fsp3) is 0.278. The Morgan fingerprint density at radius 3 is 2.68 bits per heavy atom. The van der Waals surface area contributed by atoms with Gasteiger partial charge in [-0.2, -0.15) is 0 Å². The molecule has 0 saturated heterocycles. The number of benzene rings is 1. The second-order valence-electron chi connectivity index (χ2n) is 5.49. The molecule has 0 radical (unpaired) electrons. The summed E-state index contributed by atoms with van der Waals surface area (Å²) in [7, 11) is 1.42. The zero-order valence-electron chi connectivity index (χ0n) is 14.4.